The minimum absolute atomic E-state index is 0.0188. The Morgan fingerprint density at radius 2 is 1.65 bits per heavy atom. The Hall–Kier alpha value is -1.04. The fourth-order valence-electron chi connectivity index (χ4n) is 5.18. The quantitative estimate of drug-likeness (QED) is 0.707. The zero-order valence-electron chi connectivity index (χ0n) is 15.9. The highest BCUT2D eigenvalue weighted by Gasteiger charge is 2.59. The van der Waals surface area contributed by atoms with Crippen molar-refractivity contribution in [2.24, 2.45) is 11.8 Å². The molecule has 2 heterocycles. The highest BCUT2D eigenvalue weighted by Crippen LogP contribution is 2.70. The van der Waals surface area contributed by atoms with Crippen LogP contribution in [0.1, 0.15) is 48.3 Å². The van der Waals surface area contributed by atoms with Gasteiger partial charge >= 0.3 is 5.97 Å². The van der Waals surface area contributed by atoms with E-state index in [4.69, 9.17) is 9.47 Å². The zero-order valence-corrected chi connectivity index (χ0v) is 16.7. The summed E-state index contributed by atoms with van der Waals surface area (Å²) >= 11 is 2.06. The number of carbonyl (C=O) groups excluding carboxylic acids is 1. The van der Waals surface area contributed by atoms with Crippen LogP contribution in [0.2, 0.25) is 0 Å². The van der Waals surface area contributed by atoms with Crippen molar-refractivity contribution in [3.8, 4) is 0 Å². The normalized spacial score (nSPS) is 34.6. The number of fused-ring (bicyclic) bond motifs is 8. The summed E-state index contributed by atoms with van der Waals surface area (Å²) in [7, 11) is 1.83. The van der Waals surface area contributed by atoms with Crippen LogP contribution in [0.5, 0.6) is 0 Å². The lowest BCUT2D eigenvalue weighted by molar-refractivity contribution is -0.160. The van der Waals surface area contributed by atoms with E-state index in [1.54, 1.807) is 0 Å². The molecule has 1 saturated heterocycles. The smallest absolute Gasteiger partial charge is 0.320 e. The molecule has 2 fully saturated rings. The minimum Gasteiger partial charge on any atom is -0.461 e. The third-order valence-corrected chi connectivity index (χ3v) is 8.20. The summed E-state index contributed by atoms with van der Waals surface area (Å²) in [5.41, 5.74) is 2.92. The number of esters is 1. The van der Waals surface area contributed by atoms with E-state index in [-0.39, 0.29) is 18.2 Å². The van der Waals surface area contributed by atoms with Gasteiger partial charge in [0, 0.05) is 29.4 Å². The maximum absolute atomic E-state index is 12.5. The molecule has 4 nitrogen and oxygen atoms in total. The molecule has 1 aromatic rings. The molecule has 2 bridgehead atoms. The first kappa shape index (κ1) is 18.3. The molecule has 3 aliphatic rings. The lowest BCUT2D eigenvalue weighted by Crippen LogP contribution is -2.46. The molecule has 2 unspecified atom stereocenters. The molecular weight excluding hydrogens is 346 g/mol. The molecule has 0 N–H and O–H groups in total. The van der Waals surface area contributed by atoms with E-state index in [0.29, 0.717) is 28.9 Å². The molecular formula is C21H29NO3S. The van der Waals surface area contributed by atoms with Gasteiger partial charge in [-0.3, -0.25) is 9.69 Å². The fraction of sp³-hybridized carbons (Fsp3) is 0.667. The van der Waals surface area contributed by atoms with Gasteiger partial charge in [0.1, 0.15) is 6.10 Å². The number of carbonyl (C=O) groups is 1. The highest BCUT2D eigenvalue weighted by atomic mass is 32.2. The largest absolute Gasteiger partial charge is 0.461 e. The first-order chi connectivity index (χ1) is 12.7. The molecule has 142 valence electrons. The van der Waals surface area contributed by atoms with Crippen LogP contribution in [-0.2, 0) is 14.3 Å². The van der Waals surface area contributed by atoms with Crippen LogP contribution < -0.4 is 0 Å². The summed E-state index contributed by atoms with van der Waals surface area (Å²) in [4.78, 5) is 14.6. The van der Waals surface area contributed by atoms with E-state index in [1.165, 1.54) is 11.1 Å². The van der Waals surface area contributed by atoms with Gasteiger partial charge in [0.15, 0.2) is 0 Å². The van der Waals surface area contributed by atoms with Crippen molar-refractivity contribution in [2.45, 2.75) is 49.4 Å². The first-order valence-electron chi connectivity index (χ1n) is 9.86. The molecule has 6 atom stereocenters. The average Bonchev–Trinajstić information content (AvgIpc) is 3.24. The molecule has 1 saturated carbocycles. The Morgan fingerprint density at radius 1 is 1.08 bits per heavy atom. The molecule has 2 aliphatic heterocycles. The van der Waals surface area contributed by atoms with Gasteiger partial charge in [0.25, 0.3) is 0 Å². The number of likely N-dealkylation sites (N-methyl/N-ethyl adjacent to an activating group) is 1. The molecule has 0 aromatic heterocycles. The predicted molar refractivity (Wildman–Crippen MR) is 104 cm³/mol. The summed E-state index contributed by atoms with van der Waals surface area (Å²) in [6.45, 7) is 6.32. The molecule has 5 heteroatoms. The summed E-state index contributed by atoms with van der Waals surface area (Å²) in [5, 5.41) is 0.917. The van der Waals surface area contributed by atoms with Crippen LogP contribution >= 0.6 is 11.8 Å². The second-order valence-electron chi connectivity index (χ2n) is 7.60. The van der Waals surface area contributed by atoms with Gasteiger partial charge in [-0.1, -0.05) is 38.1 Å². The molecule has 0 radical (unpaired) electrons. The van der Waals surface area contributed by atoms with Gasteiger partial charge in [-0.15, -0.1) is 11.8 Å². The molecule has 26 heavy (non-hydrogen) atoms. The second-order valence-corrected chi connectivity index (χ2v) is 8.89. The van der Waals surface area contributed by atoms with Crippen LogP contribution in [0.15, 0.2) is 24.3 Å². The molecule has 4 rings (SSSR count). The van der Waals surface area contributed by atoms with E-state index >= 15 is 0 Å². The topological polar surface area (TPSA) is 38.8 Å². The Morgan fingerprint density at radius 3 is 2.23 bits per heavy atom. The summed E-state index contributed by atoms with van der Waals surface area (Å²) in [6, 6.07) is 8.80. The van der Waals surface area contributed by atoms with Crippen molar-refractivity contribution in [1.82, 2.24) is 4.90 Å². The van der Waals surface area contributed by atoms with Crippen molar-refractivity contribution in [1.29, 1.82) is 0 Å². The maximum Gasteiger partial charge on any atom is 0.320 e. The van der Waals surface area contributed by atoms with Gasteiger partial charge in [0.2, 0.25) is 0 Å². The van der Waals surface area contributed by atoms with Crippen molar-refractivity contribution in [3.05, 3.63) is 35.4 Å². The van der Waals surface area contributed by atoms with E-state index < -0.39 is 0 Å². The Kier molecular flexibility index (Phi) is 5.31. The number of hydrogen-bond acceptors (Lipinski definition) is 5. The van der Waals surface area contributed by atoms with E-state index in [2.05, 4.69) is 54.8 Å². The maximum atomic E-state index is 12.5. The first-order valence-corrected chi connectivity index (χ1v) is 10.8. The van der Waals surface area contributed by atoms with Crippen LogP contribution in [0.25, 0.3) is 0 Å². The van der Waals surface area contributed by atoms with Gasteiger partial charge in [-0.25, -0.2) is 0 Å². The SMILES string of the molecule is CCN(CC)CC(=O)O[C@H]1CC[C@@H](OC)C2C1[C@@H]1S[C@H]2c2ccccc21. The number of thioether (sulfide) groups is 1. The lowest BCUT2D eigenvalue weighted by atomic mass is 9.66. The van der Waals surface area contributed by atoms with E-state index in [0.717, 1.165) is 25.9 Å². The third-order valence-electron chi connectivity index (χ3n) is 6.47. The molecule has 1 aromatic carbocycles. The van der Waals surface area contributed by atoms with E-state index in [9.17, 15) is 4.79 Å². The predicted octanol–water partition coefficient (Wildman–Crippen LogP) is 3.82. The molecule has 0 spiro atoms. The fourth-order valence-corrected chi connectivity index (χ4v) is 7.30. The molecule has 1 aliphatic carbocycles. The summed E-state index contributed by atoms with van der Waals surface area (Å²) in [5.74, 6) is 0.749. The summed E-state index contributed by atoms with van der Waals surface area (Å²) < 4.78 is 11.9. The Balaban J connectivity index is 1.55. The minimum atomic E-state index is -0.0747. The van der Waals surface area contributed by atoms with Crippen molar-refractivity contribution >= 4 is 17.7 Å². The monoisotopic (exact) mass is 375 g/mol. The van der Waals surface area contributed by atoms with Crippen molar-refractivity contribution in [3.63, 3.8) is 0 Å². The van der Waals surface area contributed by atoms with Crippen LogP contribution in [0, 0.1) is 11.8 Å². The number of ether oxygens (including phenoxy) is 2. The van der Waals surface area contributed by atoms with Crippen molar-refractivity contribution in [2.75, 3.05) is 26.7 Å². The van der Waals surface area contributed by atoms with E-state index in [1.807, 2.05) is 7.11 Å². The molecule has 0 amide bonds. The Labute approximate surface area is 160 Å². The number of methoxy groups -OCH3 is 1. The third kappa shape index (κ3) is 2.98. The lowest BCUT2D eigenvalue weighted by Gasteiger charge is -2.44. The van der Waals surface area contributed by atoms with Crippen LogP contribution in [0.4, 0.5) is 0 Å². The van der Waals surface area contributed by atoms with Gasteiger partial charge in [-0.05, 0) is 37.1 Å². The second kappa shape index (κ2) is 7.53. The van der Waals surface area contributed by atoms with Gasteiger partial charge < -0.3 is 9.47 Å². The number of rotatable bonds is 6. The number of hydrogen-bond donors (Lipinski definition) is 0. The van der Waals surface area contributed by atoms with Gasteiger partial charge in [-0.2, -0.15) is 0 Å². The van der Waals surface area contributed by atoms with Gasteiger partial charge in [0.05, 0.1) is 12.6 Å². The van der Waals surface area contributed by atoms with Crippen molar-refractivity contribution < 1.29 is 14.3 Å². The highest BCUT2D eigenvalue weighted by molar-refractivity contribution is 8.00. The number of nitrogens with zero attached hydrogens (tertiary/aromatic N) is 1. The number of benzene rings is 1. The van der Waals surface area contributed by atoms with Crippen LogP contribution in [0.3, 0.4) is 0 Å². The zero-order chi connectivity index (χ0) is 18.3. The summed E-state index contributed by atoms with van der Waals surface area (Å²) in [6.07, 6.45) is 2.18. The Bertz CT molecular complexity index is 662. The average molecular weight is 376 g/mol. The van der Waals surface area contributed by atoms with Crippen LogP contribution in [-0.4, -0.2) is 49.8 Å². The standard InChI is InChI=1S/C21H29NO3S/c1-4-22(5-2)12-17(23)25-16-11-10-15(24-3)18-19(16)21-14-9-7-6-8-13(14)20(18)26-21/h6-9,15-16,18-21H,4-5,10-12H2,1-3H3/t15-,16+,18?,19?,20+,21-/m1/s1.